The number of carbonyl (C=O) groups is 2. The molecule has 1 heterocycles. The Kier molecular flexibility index (Phi) is 6.82. The van der Waals surface area contributed by atoms with Crippen molar-refractivity contribution in [1.29, 1.82) is 0 Å². The van der Waals surface area contributed by atoms with E-state index in [1.54, 1.807) is 31.4 Å². The van der Waals surface area contributed by atoms with E-state index >= 15 is 0 Å². The third kappa shape index (κ3) is 5.54. The average molecular weight is 417 g/mol. The number of nitrogens with two attached hydrogens (primary N) is 1. The minimum absolute atomic E-state index is 0.0203. The van der Waals surface area contributed by atoms with Gasteiger partial charge in [-0.15, -0.1) is 0 Å². The van der Waals surface area contributed by atoms with Gasteiger partial charge in [0.25, 0.3) is 0 Å². The maximum absolute atomic E-state index is 12.8. The zero-order valence-electron chi connectivity index (χ0n) is 16.3. The van der Waals surface area contributed by atoms with E-state index in [2.05, 4.69) is 10.2 Å². The molecular formula is C21H25ClN4O3. The summed E-state index contributed by atoms with van der Waals surface area (Å²) in [6.45, 7) is 2.73. The van der Waals surface area contributed by atoms with Crippen molar-refractivity contribution in [1.82, 2.24) is 10.2 Å². The van der Waals surface area contributed by atoms with Crippen LogP contribution in [-0.4, -0.2) is 50.1 Å². The summed E-state index contributed by atoms with van der Waals surface area (Å²) in [6, 6.07) is 13.8. The summed E-state index contributed by atoms with van der Waals surface area (Å²) in [5.74, 6) is 0.797. The predicted octanol–water partition coefficient (Wildman–Crippen LogP) is 2.80. The van der Waals surface area contributed by atoms with E-state index in [1.807, 2.05) is 29.2 Å². The molecule has 2 aromatic rings. The summed E-state index contributed by atoms with van der Waals surface area (Å²) >= 11 is 5.93. The summed E-state index contributed by atoms with van der Waals surface area (Å²) in [5.41, 5.74) is 7.20. The Labute approximate surface area is 175 Å². The SMILES string of the molecule is COc1ccc(N2CCN(C(=O)C[C@@H](NC(N)=O)c3ccc(Cl)cc3)CC2)cc1. The molecule has 3 amide bonds. The van der Waals surface area contributed by atoms with E-state index in [4.69, 9.17) is 22.1 Å². The minimum Gasteiger partial charge on any atom is -0.497 e. The lowest BCUT2D eigenvalue weighted by Crippen LogP contribution is -2.49. The van der Waals surface area contributed by atoms with E-state index in [9.17, 15) is 9.59 Å². The van der Waals surface area contributed by atoms with Crippen LogP contribution >= 0.6 is 11.6 Å². The van der Waals surface area contributed by atoms with Gasteiger partial charge >= 0.3 is 6.03 Å². The molecule has 2 aromatic carbocycles. The molecule has 0 aliphatic carbocycles. The van der Waals surface area contributed by atoms with Gasteiger partial charge in [0.05, 0.1) is 19.6 Å². The molecule has 29 heavy (non-hydrogen) atoms. The number of hydrogen-bond donors (Lipinski definition) is 2. The minimum atomic E-state index is -0.665. The summed E-state index contributed by atoms with van der Waals surface area (Å²) in [4.78, 5) is 28.3. The number of halogens is 1. The fourth-order valence-electron chi connectivity index (χ4n) is 3.43. The van der Waals surface area contributed by atoms with Gasteiger partial charge in [0.2, 0.25) is 5.91 Å². The number of benzene rings is 2. The van der Waals surface area contributed by atoms with Gasteiger partial charge in [-0.1, -0.05) is 23.7 Å². The normalized spacial score (nSPS) is 15.0. The fraction of sp³-hybridized carbons (Fsp3) is 0.333. The Morgan fingerprint density at radius 2 is 1.69 bits per heavy atom. The number of primary amides is 1. The van der Waals surface area contributed by atoms with Crippen LogP contribution in [0.4, 0.5) is 10.5 Å². The van der Waals surface area contributed by atoms with E-state index in [0.717, 1.165) is 30.1 Å². The van der Waals surface area contributed by atoms with Crippen molar-refractivity contribution >= 4 is 29.2 Å². The van der Waals surface area contributed by atoms with Crippen LogP contribution in [0.15, 0.2) is 48.5 Å². The summed E-state index contributed by atoms with van der Waals surface area (Å²) in [7, 11) is 1.64. The van der Waals surface area contributed by atoms with E-state index in [1.165, 1.54) is 0 Å². The highest BCUT2D eigenvalue weighted by atomic mass is 35.5. The molecule has 0 aromatic heterocycles. The summed E-state index contributed by atoms with van der Waals surface area (Å²) < 4.78 is 5.19. The first-order valence-electron chi connectivity index (χ1n) is 9.44. The second-order valence-corrected chi connectivity index (χ2v) is 7.32. The first kappa shape index (κ1) is 20.8. The number of carbonyl (C=O) groups excluding carboxylic acids is 2. The molecule has 154 valence electrons. The zero-order valence-corrected chi connectivity index (χ0v) is 17.1. The lowest BCUT2D eigenvalue weighted by Gasteiger charge is -2.36. The summed E-state index contributed by atoms with van der Waals surface area (Å²) in [6.07, 6.45) is 0.146. The van der Waals surface area contributed by atoms with Crippen molar-refractivity contribution in [3.05, 3.63) is 59.1 Å². The fourth-order valence-corrected chi connectivity index (χ4v) is 3.56. The number of hydrogen-bond acceptors (Lipinski definition) is 4. The van der Waals surface area contributed by atoms with Crippen LogP contribution < -0.4 is 20.7 Å². The molecule has 1 fully saturated rings. The quantitative estimate of drug-likeness (QED) is 0.757. The van der Waals surface area contributed by atoms with Crippen molar-refractivity contribution in [2.75, 3.05) is 38.2 Å². The Morgan fingerprint density at radius 3 is 2.24 bits per heavy atom. The van der Waals surface area contributed by atoms with E-state index < -0.39 is 12.1 Å². The lowest BCUT2D eigenvalue weighted by molar-refractivity contribution is -0.132. The zero-order chi connectivity index (χ0) is 20.8. The molecule has 1 saturated heterocycles. The Bertz CT molecular complexity index is 834. The maximum atomic E-state index is 12.8. The first-order chi connectivity index (χ1) is 14.0. The number of piperazine rings is 1. The van der Waals surface area contributed by atoms with Gasteiger partial charge in [-0.2, -0.15) is 0 Å². The topological polar surface area (TPSA) is 87.9 Å². The van der Waals surface area contributed by atoms with Crippen LogP contribution in [0.25, 0.3) is 0 Å². The Balaban J connectivity index is 1.59. The monoisotopic (exact) mass is 416 g/mol. The van der Waals surface area contributed by atoms with Gasteiger partial charge in [0.15, 0.2) is 0 Å². The Hall–Kier alpha value is -2.93. The second-order valence-electron chi connectivity index (χ2n) is 6.88. The van der Waals surface area contributed by atoms with Crippen LogP contribution in [-0.2, 0) is 4.79 Å². The smallest absolute Gasteiger partial charge is 0.312 e. The van der Waals surface area contributed by atoms with E-state index in [0.29, 0.717) is 18.1 Å². The molecular weight excluding hydrogens is 392 g/mol. The van der Waals surface area contributed by atoms with Crippen molar-refractivity contribution < 1.29 is 14.3 Å². The van der Waals surface area contributed by atoms with Gasteiger partial charge in [-0.3, -0.25) is 4.79 Å². The third-order valence-corrected chi connectivity index (χ3v) is 5.29. The van der Waals surface area contributed by atoms with Crippen LogP contribution in [0.3, 0.4) is 0 Å². The number of anilines is 1. The highest BCUT2D eigenvalue weighted by molar-refractivity contribution is 6.30. The molecule has 3 rings (SSSR count). The van der Waals surface area contributed by atoms with Gasteiger partial charge in [-0.25, -0.2) is 4.79 Å². The van der Waals surface area contributed by atoms with Gasteiger partial charge in [0, 0.05) is 36.9 Å². The second kappa shape index (κ2) is 9.52. The molecule has 3 N–H and O–H groups in total. The molecule has 0 unspecified atom stereocenters. The molecule has 0 bridgehead atoms. The molecule has 1 atom stereocenters. The highest BCUT2D eigenvalue weighted by Crippen LogP contribution is 2.23. The predicted molar refractivity (Wildman–Crippen MR) is 113 cm³/mol. The number of urea groups is 1. The molecule has 8 heteroatoms. The number of rotatable bonds is 6. The lowest BCUT2D eigenvalue weighted by atomic mass is 10.0. The highest BCUT2D eigenvalue weighted by Gasteiger charge is 2.25. The standard InChI is InChI=1S/C21H25ClN4O3/c1-29-18-8-6-17(7-9-18)25-10-12-26(13-11-25)20(27)14-19(24-21(23)28)15-2-4-16(22)5-3-15/h2-9,19H,10-14H2,1H3,(H3,23,24,28)/t19-/m1/s1. The van der Waals surface area contributed by atoms with Gasteiger partial charge < -0.3 is 25.6 Å². The molecule has 0 radical (unpaired) electrons. The number of nitrogens with one attached hydrogen (secondary N) is 1. The van der Waals surface area contributed by atoms with Crippen LogP contribution in [0.5, 0.6) is 5.75 Å². The first-order valence-corrected chi connectivity index (χ1v) is 9.82. The number of nitrogens with zero attached hydrogens (tertiary/aromatic N) is 2. The summed E-state index contributed by atoms with van der Waals surface area (Å²) in [5, 5.41) is 3.25. The van der Waals surface area contributed by atoms with Crippen LogP contribution in [0.2, 0.25) is 5.02 Å². The van der Waals surface area contributed by atoms with Crippen molar-refractivity contribution in [2.45, 2.75) is 12.5 Å². The average Bonchev–Trinajstić information content (AvgIpc) is 2.73. The molecule has 1 aliphatic rings. The largest absolute Gasteiger partial charge is 0.497 e. The molecule has 0 saturated carbocycles. The molecule has 0 spiro atoms. The molecule has 1 aliphatic heterocycles. The van der Waals surface area contributed by atoms with Crippen molar-refractivity contribution in [2.24, 2.45) is 5.73 Å². The maximum Gasteiger partial charge on any atom is 0.312 e. The number of ether oxygens (including phenoxy) is 1. The van der Waals surface area contributed by atoms with Gasteiger partial charge in [-0.05, 0) is 42.0 Å². The molecule has 7 nitrogen and oxygen atoms in total. The van der Waals surface area contributed by atoms with Crippen LogP contribution in [0, 0.1) is 0 Å². The van der Waals surface area contributed by atoms with Gasteiger partial charge in [0.1, 0.15) is 5.75 Å². The Morgan fingerprint density at radius 1 is 1.07 bits per heavy atom. The van der Waals surface area contributed by atoms with Crippen molar-refractivity contribution in [3.63, 3.8) is 0 Å². The third-order valence-electron chi connectivity index (χ3n) is 5.04. The number of methoxy groups -OCH3 is 1. The van der Waals surface area contributed by atoms with Crippen LogP contribution in [0.1, 0.15) is 18.0 Å². The van der Waals surface area contributed by atoms with Crippen molar-refractivity contribution in [3.8, 4) is 5.75 Å². The van der Waals surface area contributed by atoms with E-state index in [-0.39, 0.29) is 12.3 Å². The number of amides is 3.